The second kappa shape index (κ2) is 5.26. The molecule has 1 aromatic carbocycles. The third-order valence-corrected chi connectivity index (χ3v) is 3.46. The second-order valence-electron chi connectivity index (χ2n) is 4.90. The van der Waals surface area contributed by atoms with Gasteiger partial charge in [0.2, 0.25) is 0 Å². The Hall–Kier alpha value is -1.86. The van der Waals surface area contributed by atoms with E-state index in [2.05, 4.69) is 5.32 Å². The fraction of sp³-hybridized carbons (Fsp3) is 0.417. The number of aromatic carboxylic acids is 1. The first-order chi connectivity index (χ1) is 9.32. The third-order valence-electron chi connectivity index (χ3n) is 3.16. The second-order valence-corrected chi connectivity index (χ2v) is 5.31. The number of anilines is 1. The number of halogens is 1. The number of rotatable bonds is 4. The average Bonchev–Trinajstić information content (AvgIpc) is 2.77. The lowest BCUT2D eigenvalue weighted by molar-refractivity contribution is -0.384. The molecule has 0 aliphatic carbocycles. The van der Waals surface area contributed by atoms with Crippen molar-refractivity contribution in [1.82, 2.24) is 0 Å². The van der Waals surface area contributed by atoms with E-state index in [0.29, 0.717) is 19.6 Å². The molecule has 1 aromatic rings. The van der Waals surface area contributed by atoms with Crippen molar-refractivity contribution < 1.29 is 19.6 Å². The Morgan fingerprint density at radius 1 is 1.60 bits per heavy atom. The van der Waals surface area contributed by atoms with Gasteiger partial charge in [0, 0.05) is 18.7 Å². The van der Waals surface area contributed by atoms with E-state index in [-0.39, 0.29) is 22.0 Å². The smallest absolute Gasteiger partial charge is 0.338 e. The van der Waals surface area contributed by atoms with Crippen molar-refractivity contribution >= 4 is 28.9 Å². The van der Waals surface area contributed by atoms with Crippen LogP contribution < -0.4 is 5.32 Å². The molecule has 1 heterocycles. The van der Waals surface area contributed by atoms with Crippen molar-refractivity contribution in [3.8, 4) is 0 Å². The quantitative estimate of drug-likeness (QED) is 0.654. The number of nitrogens with one attached hydrogen (secondary N) is 1. The van der Waals surface area contributed by atoms with Crippen molar-refractivity contribution in [2.75, 3.05) is 18.5 Å². The lowest BCUT2D eigenvalue weighted by Gasteiger charge is -2.26. The van der Waals surface area contributed by atoms with Crippen molar-refractivity contribution in [3.05, 3.63) is 32.8 Å². The normalized spacial score (nSPS) is 21.7. The van der Waals surface area contributed by atoms with Crippen LogP contribution in [0.1, 0.15) is 23.7 Å². The molecule has 0 amide bonds. The predicted molar refractivity (Wildman–Crippen MR) is 72.5 cm³/mol. The zero-order valence-electron chi connectivity index (χ0n) is 10.7. The molecule has 1 unspecified atom stereocenters. The Bertz CT molecular complexity index is 569. The summed E-state index contributed by atoms with van der Waals surface area (Å²) in [6.07, 6.45) is 0.694. The van der Waals surface area contributed by atoms with Crippen LogP contribution in [0.5, 0.6) is 0 Å². The zero-order valence-corrected chi connectivity index (χ0v) is 11.4. The van der Waals surface area contributed by atoms with Gasteiger partial charge in [-0.05, 0) is 13.3 Å². The molecule has 2 rings (SSSR count). The molecule has 0 bridgehead atoms. The maximum Gasteiger partial charge on any atom is 0.338 e. The minimum absolute atomic E-state index is 0.00438. The summed E-state index contributed by atoms with van der Waals surface area (Å²) in [7, 11) is 0. The highest BCUT2D eigenvalue weighted by Gasteiger charge is 2.32. The first-order valence-corrected chi connectivity index (χ1v) is 6.27. The Balaban J connectivity index is 2.45. The highest BCUT2D eigenvalue weighted by Crippen LogP contribution is 2.35. The van der Waals surface area contributed by atoms with Crippen LogP contribution in [0.2, 0.25) is 5.02 Å². The van der Waals surface area contributed by atoms with Gasteiger partial charge in [-0.15, -0.1) is 0 Å². The topological polar surface area (TPSA) is 102 Å². The zero-order chi connectivity index (χ0) is 14.9. The summed E-state index contributed by atoms with van der Waals surface area (Å²) in [6, 6.07) is 2.13. The van der Waals surface area contributed by atoms with Gasteiger partial charge in [0.1, 0.15) is 0 Å². The first-order valence-electron chi connectivity index (χ1n) is 5.89. The lowest BCUT2D eigenvalue weighted by atomic mass is 10.00. The molecule has 1 aliphatic rings. The number of hydrogen-bond acceptors (Lipinski definition) is 5. The molecule has 108 valence electrons. The van der Waals surface area contributed by atoms with Gasteiger partial charge in [-0.25, -0.2) is 4.79 Å². The number of nitro benzene ring substituents is 1. The Morgan fingerprint density at radius 3 is 2.80 bits per heavy atom. The summed E-state index contributed by atoms with van der Waals surface area (Å²) in [5.41, 5.74) is -0.842. The molecule has 7 nitrogen and oxygen atoms in total. The van der Waals surface area contributed by atoms with Gasteiger partial charge in [-0.1, -0.05) is 11.6 Å². The molecule has 20 heavy (non-hydrogen) atoms. The summed E-state index contributed by atoms with van der Waals surface area (Å²) < 4.78 is 5.27. The van der Waals surface area contributed by atoms with E-state index in [1.807, 2.05) is 6.92 Å². The number of carbonyl (C=O) groups is 1. The van der Waals surface area contributed by atoms with E-state index in [9.17, 15) is 20.0 Å². The van der Waals surface area contributed by atoms with Crippen LogP contribution in [0, 0.1) is 10.1 Å². The molecule has 0 saturated carbocycles. The maximum absolute atomic E-state index is 11.3. The van der Waals surface area contributed by atoms with E-state index < -0.39 is 16.4 Å². The Kier molecular flexibility index (Phi) is 3.82. The molecule has 1 aliphatic heterocycles. The van der Waals surface area contributed by atoms with Gasteiger partial charge < -0.3 is 15.2 Å². The number of ether oxygens (including phenoxy) is 1. The van der Waals surface area contributed by atoms with Crippen molar-refractivity contribution in [1.29, 1.82) is 0 Å². The van der Waals surface area contributed by atoms with Crippen molar-refractivity contribution in [2.45, 2.75) is 18.9 Å². The number of nitrogens with zero attached hydrogens (tertiary/aromatic N) is 1. The Labute approximate surface area is 119 Å². The van der Waals surface area contributed by atoms with Gasteiger partial charge in [-0.3, -0.25) is 10.1 Å². The highest BCUT2D eigenvalue weighted by molar-refractivity contribution is 6.34. The van der Waals surface area contributed by atoms with Crippen LogP contribution in [0.3, 0.4) is 0 Å². The molecule has 1 saturated heterocycles. The first kappa shape index (κ1) is 14.5. The number of hydrogen-bond donors (Lipinski definition) is 2. The van der Waals surface area contributed by atoms with Gasteiger partial charge in [0.15, 0.2) is 0 Å². The predicted octanol–water partition coefficient (Wildman–Crippen LogP) is 2.54. The molecule has 0 radical (unpaired) electrons. The number of nitro groups is 1. The fourth-order valence-electron chi connectivity index (χ4n) is 2.06. The summed E-state index contributed by atoms with van der Waals surface area (Å²) in [5.74, 6) is -1.28. The number of benzene rings is 1. The highest BCUT2D eigenvalue weighted by atomic mass is 35.5. The minimum Gasteiger partial charge on any atom is -0.478 e. The summed E-state index contributed by atoms with van der Waals surface area (Å²) in [5, 5.41) is 23.0. The molecule has 0 spiro atoms. The fourth-order valence-corrected chi connectivity index (χ4v) is 2.32. The van der Waals surface area contributed by atoms with Gasteiger partial charge in [0.05, 0.1) is 33.3 Å². The van der Waals surface area contributed by atoms with E-state index in [0.717, 1.165) is 12.1 Å². The SMILES string of the molecule is CC1(Nc2c(Cl)cc([N+](=O)[O-])cc2C(=O)O)CCOC1. The number of carboxylic acids is 1. The van der Waals surface area contributed by atoms with E-state index in [1.54, 1.807) is 0 Å². The average molecular weight is 301 g/mol. The molecule has 1 atom stereocenters. The van der Waals surface area contributed by atoms with Gasteiger partial charge in [0.25, 0.3) is 5.69 Å². The third kappa shape index (κ3) is 2.83. The largest absolute Gasteiger partial charge is 0.478 e. The number of non-ortho nitro benzene ring substituents is 1. The summed E-state index contributed by atoms with van der Waals surface area (Å²) >= 11 is 5.99. The molecule has 0 aromatic heterocycles. The minimum atomic E-state index is -1.28. The monoisotopic (exact) mass is 300 g/mol. The van der Waals surface area contributed by atoms with Crippen LogP contribution in [-0.4, -0.2) is 34.8 Å². The molecular formula is C12H13ClN2O5. The van der Waals surface area contributed by atoms with Gasteiger partial charge in [-0.2, -0.15) is 0 Å². The van der Waals surface area contributed by atoms with Crippen LogP contribution >= 0.6 is 11.6 Å². The maximum atomic E-state index is 11.3. The van der Waals surface area contributed by atoms with E-state index >= 15 is 0 Å². The van der Waals surface area contributed by atoms with E-state index in [1.165, 1.54) is 0 Å². The molecule has 1 fully saturated rings. The number of carboxylic acid groups (broad SMARTS) is 1. The Morgan fingerprint density at radius 2 is 2.30 bits per heavy atom. The molecule has 2 N–H and O–H groups in total. The van der Waals surface area contributed by atoms with Gasteiger partial charge >= 0.3 is 5.97 Å². The molecular weight excluding hydrogens is 288 g/mol. The molecule has 8 heteroatoms. The lowest BCUT2D eigenvalue weighted by Crippen LogP contribution is -2.35. The van der Waals surface area contributed by atoms with Crippen LogP contribution in [0.4, 0.5) is 11.4 Å². The van der Waals surface area contributed by atoms with Crippen LogP contribution in [0.15, 0.2) is 12.1 Å². The standard InChI is InChI=1S/C12H13ClN2O5/c1-12(2-3-20-6-12)14-10-8(11(16)17)4-7(15(18)19)5-9(10)13/h4-5,14H,2-3,6H2,1H3,(H,16,17). The van der Waals surface area contributed by atoms with Crippen LogP contribution in [0.25, 0.3) is 0 Å². The summed E-state index contributed by atoms with van der Waals surface area (Å²) in [4.78, 5) is 21.4. The van der Waals surface area contributed by atoms with Crippen molar-refractivity contribution in [3.63, 3.8) is 0 Å². The van der Waals surface area contributed by atoms with E-state index in [4.69, 9.17) is 16.3 Å². The van der Waals surface area contributed by atoms with Crippen molar-refractivity contribution in [2.24, 2.45) is 0 Å². The van der Waals surface area contributed by atoms with Crippen LogP contribution in [-0.2, 0) is 4.74 Å². The summed E-state index contributed by atoms with van der Waals surface area (Å²) in [6.45, 7) is 2.86.